The topological polar surface area (TPSA) is 12.0 Å². The summed E-state index contributed by atoms with van der Waals surface area (Å²) in [5.41, 5.74) is 2.95. The molecular formula is C19H31N. The van der Waals surface area contributed by atoms with Crippen LogP contribution in [0.2, 0.25) is 0 Å². The lowest BCUT2D eigenvalue weighted by Gasteiger charge is -2.20. The first-order valence-electron chi connectivity index (χ1n) is 8.65. The van der Waals surface area contributed by atoms with Gasteiger partial charge in [-0.1, -0.05) is 70.2 Å². The predicted octanol–water partition coefficient (Wildman–Crippen LogP) is 5.26. The fraction of sp³-hybridized carbons (Fsp3) is 0.684. The van der Waals surface area contributed by atoms with Crippen LogP contribution in [0.1, 0.15) is 76.0 Å². The molecule has 0 radical (unpaired) electrons. The molecule has 1 unspecified atom stereocenters. The van der Waals surface area contributed by atoms with E-state index in [2.05, 4.69) is 43.4 Å². The second-order valence-electron chi connectivity index (χ2n) is 6.33. The van der Waals surface area contributed by atoms with Gasteiger partial charge in [-0.2, -0.15) is 0 Å². The maximum absolute atomic E-state index is 3.67. The Bertz CT molecular complexity index is 362. The summed E-state index contributed by atoms with van der Waals surface area (Å²) >= 11 is 0. The van der Waals surface area contributed by atoms with Gasteiger partial charge in [-0.15, -0.1) is 0 Å². The van der Waals surface area contributed by atoms with Crippen molar-refractivity contribution >= 4 is 0 Å². The van der Waals surface area contributed by atoms with Crippen molar-refractivity contribution in [2.45, 2.75) is 71.3 Å². The van der Waals surface area contributed by atoms with Crippen LogP contribution in [0.15, 0.2) is 24.3 Å². The van der Waals surface area contributed by atoms with Gasteiger partial charge in [0.15, 0.2) is 0 Å². The maximum Gasteiger partial charge on any atom is 0.0320 e. The number of nitrogens with one attached hydrogen (secondary N) is 1. The van der Waals surface area contributed by atoms with Gasteiger partial charge in [-0.3, -0.25) is 0 Å². The standard InChI is InChI=1S/C19H31N/c1-3-7-16-10-13-18(14-11-16)19(20-4-2)15-12-17-8-5-6-9-17/h10-11,13-14,17,19-20H,3-9,12,15H2,1-2H3. The zero-order chi connectivity index (χ0) is 14.2. The molecule has 112 valence electrons. The molecular weight excluding hydrogens is 242 g/mol. The van der Waals surface area contributed by atoms with Crippen LogP contribution in [-0.2, 0) is 6.42 Å². The Morgan fingerprint density at radius 1 is 1.10 bits per heavy atom. The van der Waals surface area contributed by atoms with E-state index in [9.17, 15) is 0 Å². The van der Waals surface area contributed by atoms with E-state index in [1.54, 1.807) is 0 Å². The van der Waals surface area contributed by atoms with Gasteiger partial charge in [0, 0.05) is 6.04 Å². The predicted molar refractivity (Wildman–Crippen MR) is 88.0 cm³/mol. The molecule has 20 heavy (non-hydrogen) atoms. The van der Waals surface area contributed by atoms with E-state index >= 15 is 0 Å². The highest BCUT2D eigenvalue weighted by atomic mass is 14.9. The largest absolute Gasteiger partial charge is 0.310 e. The highest BCUT2D eigenvalue weighted by Crippen LogP contribution is 2.31. The summed E-state index contributed by atoms with van der Waals surface area (Å²) in [6.07, 6.45) is 11.0. The van der Waals surface area contributed by atoms with E-state index in [-0.39, 0.29) is 0 Å². The minimum absolute atomic E-state index is 0.552. The maximum atomic E-state index is 3.67. The Kier molecular flexibility index (Phi) is 6.59. The highest BCUT2D eigenvalue weighted by Gasteiger charge is 2.17. The molecule has 2 rings (SSSR count). The van der Waals surface area contributed by atoms with Crippen LogP contribution < -0.4 is 5.32 Å². The average molecular weight is 273 g/mol. The van der Waals surface area contributed by atoms with Crippen molar-refractivity contribution in [3.8, 4) is 0 Å². The fourth-order valence-electron chi connectivity index (χ4n) is 3.54. The monoisotopic (exact) mass is 273 g/mol. The second-order valence-corrected chi connectivity index (χ2v) is 6.33. The Labute approximate surface area is 125 Å². The van der Waals surface area contributed by atoms with Crippen molar-refractivity contribution in [1.82, 2.24) is 5.32 Å². The molecule has 0 saturated heterocycles. The number of rotatable bonds is 8. The first kappa shape index (κ1) is 15.6. The minimum Gasteiger partial charge on any atom is -0.310 e. The molecule has 1 atom stereocenters. The molecule has 1 aromatic carbocycles. The number of hydrogen-bond acceptors (Lipinski definition) is 1. The zero-order valence-corrected chi connectivity index (χ0v) is 13.3. The fourth-order valence-corrected chi connectivity index (χ4v) is 3.54. The van der Waals surface area contributed by atoms with Crippen molar-refractivity contribution in [3.63, 3.8) is 0 Å². The number of hydrogen-bond donors (Lipinski definition) is 1. The smallest absolute Gasteiger partial charge is 0.0320 e. The van der Waals surface area contributed by atoms with Crippen LogP contribution in [-0.4, -0.2) is 6.54 Å². The van der Waals surface area contributed by atoms with E-state index in [1.165, 1.54) is 62.5 Å². The SMILES string of the molecule is CCCc1ccc(C(CCC2CCCC2)NCC)cc1. The van der Waals surface area contributed by atoms with E-state index in [4.69, 9.17) is 0 Å². The number of aryl methyl sites for hydroxylation is 1. The molecule has 1 heteroatoms. The molecule has 1 fully saturated rings. The highest BCUT2D eigenvalue weighted by molar-refractivity contribution is 5.25. The summed E-state index contributed by atoms with van der Waals surface area (Å²) in [6, 6.07) is 9.87. The van der Waals surface area contributed by atoms with Gasteiger partial charge in [0.05, 0.1) is 0 Å². The molecule has 1 aromatic rings. The third kappa shape index (κ3) is 4.63. The molecule has 0 aliphatic heterocycles. The van der Waals surface area contributed by atoms with Crippen molar-refractivity contribution in [2.24, 2.45) is 5.92 Å². The summed E-state index contributed by atoms with van der Waals surface area (Å²) in [7, 11) is 0. The summed E-state index contributed by atoms with van der Waals surface area (Å²) in [6.45, 7) is 5.52. The first-order chi connectivity index (χ1) is 9.83. The Morgan fingerprint density at radius 2 is 1.80 bits per heavy atom. The molecule has 1 saturated carbocycles. The van der Waals surface area contributed by atoms with Gasteiger partial charge >= 0.3 is 0 Å². The second kappa shape index (κ2) is 8.46. The molecule has 1 nitrogen and oxygen atoms in total. The van der Waals surface area contributed by atoms with Crippen LogP contribution in [0, 0.1) is 5.92 Å². The summed E-state index contributed by atoms with van der Waals surface area (Å²) < 4.78 is 0. The van der Waals surface area contributed by atoms with E-state index < -0.39 is 0 Å². The van der Waals surface area contributed by atoms with Crippen molar-refractivity contribution < 1.29 is 0 Å². The van der Waals surface area contributed by atoms with Crippen molar-refractivity contribution in [3.05, 3.63) is 35.4 Å². The van der Waals surface area contributed by atoms with Gasteiger partial charge in [0.25, 0.3) is 0 Å². The molecule has 0 amide bonds. The molecule has 0 aromatic heterocycles. The quantitative estimate of drug-likeness (QED) is 0.681. The molecule has 0 spiro atoms. The average Bonchev–Trinajstić information content (AvgIpc) is 2.98. The summed E-state index contributed by atoms with van der Waals surface area (Å²) in [4.78, 5) is 0. The Morgan fingerprint density at radius 3 is 2.40 bits per heavy atom. The lowest BCUT2D eigenvalue weighted by molar-refractivity contribution is 0.417. The minimum atomic E-state index is 0.552. The number of benzene rings is 1. The summed E-state index contributed by atoms with van der Waals surface area (Å²) in [5, 5.41) is 3.67. The Hall–Kier alpha value is -0.820. The van der Waals surface area contributed by atoms with Gasteiger partial charge in [-0.05, 0) is 42.9 Å². The molecule has 1 N–H and O–H groups in total. The third-order valence-corrected chi connectivity index (χ3v) is 4.71. The normalized spacial score (nSPS) is 17.5. The van der Waals surface area contributed by atoms with E-state index in [1.807, 2.05) is 0 Å². The Balaban J connectivity index is 1.91. The van der Waals surface area contributed by atoms with Crippen LogP contribution >= 0.6 is 0 Å². The van der Waals surface area contributed by atoms with Crippen LogP contribution in [0.5, 0.6) is 0 Å². The van der Waals surface area contributed by atoms with Gasteiger partial charge in [-0.25, -0.2) is 0 Å². The molecule has 1 aliphatic carbocycles. The van der Waals surface area contributed by atoms with Crippen molar-refractivity contribution in [1.29, 1.82) is 0 Å². The van der Waals surface area contributed by atoms with Crippen LogP contribution in [0.4, 0.5) is 0 Å². The van der Waals surface area contributed by atoms with E-state index in [0.717, 1.165) is 12.5 Å². The summed E-state index contributed by atoms with van der Waals surface area (Å²) in [5.74, 6) is 0.996. The van der Waals surface area contributed by atoms with Crippen LogP contribution in [0.3, 0.4) is 0 Å². The van der Waals surface area contributed by atoms with E-state index in [0.29, 0.717) is 6.04 Å². The molecule has 0 heterocycles. The van der Waals surface area contributed by atoms with Gasteiger partial charge < -0.3 is 5.32 Å². The van der Waals surface area contributed by atoms with Crippen LogP contribution in [0.25, 0.3) is 0 Å². The zero-order valence-electron chi connectivity index (χ0n) is 13.3. The molecule has 1 aliphatic rings. The lowest BCUT2D eigenvalue weighted by atomic mass is 9.94. The third-order valence-electron chi connectivity index (χ3n) is 4.71. The van der Waals surface area contributed by atoms with Gasteiger partial charge in [0.1, 0.15) is 0 Å². The van der Waals surface area contributed by atoms with Crippen molar-refractivity contribution in [2.75, 3.05) is 6.54 Å². The first-order valence-corrected chi connectivity index (χ1v) is 8.65. The lowest BCUT2D eigenvalue weighted by Crippen LogP contribution is -2.21. The molecule has 0 bridgehead atoms. The van der Waals surface area contributed by atoms with Gasteiger partial charge in [0.2, 0.25) is 0 Å².